The molecule has 1 heterocycles. The predicted molar refractivity (Wildman–Crippen MR) is 71.9 cm³/mol. The number of amides is 1. The first-order chi connectivity index (χ1) is 8.63. The van der Waals surface area contributed by atoms with Crippen molar-refractivity contribution >= 4 is 23.2 Å². The first kappa shape index (κ1) is 12.6. The van der Waals surface area contributed by atoms with E-state index in [-0.39, 0.29) is 5.91 Å². The summed E-state index contributed by atoms with van der Waals surface area (Å²) in [5.74, 6) is 0.195. The van der Waals surface area contributed by atoms with Crippen LogP contribution in [0.15, 0.2) is 30.5 Å². The zero-order valence-corrected chi connectivity index (χ0v) is 11.0. The number of aryl methyl sites for hydroxylation is 1. The summed E-state index contributed by atoms with van der Waals surface area (Å²) in [6, 6.07) is 7.48. The van der Waals surface area contributed by atoms with Gasteiger partial charge in [-0.05, 0) is 18.6 Å². The molecule has 0 saturated carbocycles. The van der Waals surface area contributed by atoms with Gasteiger partial charge in [-0.25, -0.2) is 0 Å². The topological polar surface area (TPSA) is 46.9 Å². The van der Waals surface area contributed by atoms with Crippen molar-refractivity contribution < 1.29 is 4.79 Å². The molecular formula is C13H14ClN3O. The molecule has 0 aliphatic rings. The van der Waals surface area contributed by atoms with Crippen LogP contribution in [-0.2, 0) is 12.9 Å². The van der Waals surface area contributed by atoms with Crippen LogP contribution in [0.1, 0.15) is 21.6 Å². The van der Waals surface area contributed by atoms with Gasteiger partial charge in [-0.15, -0.1) is 11.6 Å². The Morgan fingerprint density at radius 2 is 2.17 bits per heavy atom. The van der Waals surface area contributed by atoms with Gasteiger partial charge in [-0.1, -0.05) is 18.2 Å². The second-order valence-corrected chi connectivity index (χ2v) is 4.28. The molecule has 0 aliphatic carbocycles. The maximum absolute atomic E-state index is 12.1. The minimum atomic E-state index is -0.168. The average Bonchev–Trinajstić information content (AvgIpc) is 2.71. The molecule has 0 spiro atoms. The lowest BCUT2D eigenvalue weighted by Gasteiger charge is -2.08. The maximum atomic E-state index is 12.1. The molecule has 0 atom stereocenters. The number of anilines is 1. The van der Waals surface area contributed by atoms with E-state index in [9.17, 15) is 4.79 Å². The van der Waals surface area contributed by atoms with Crippen LogP contribution in [0.4, 0.5) is 5.69 Å². The van der Waals surface area contributed by atoms with E-state index in [1.807, 2.05) is 31.2 Å². The first-order valence-corrected chi connectivity index (χ1v) is 6.10. The highest BCUT2D eigenvalue weighted by atomic mass is 35.5. The number of carbonyl (C=O) groups excluding carboxylic acids is 1. The standard InChI is InChI=1S/C13H14ClN3O/c1-9-11(8-15-17(9)2)13(18)16-12-6-4-3-5-10(12)7-14/h3-6,8H,7H2,1-2H3,(H,16,18). The largest absolute Gasteiger partial charge is 0.322 e. The molecule has 0 aliphatic heterocycles. The summed E-state index contributed by atoms with van der Waals surface area (Å²) in [6.45, 7) is 1.86. The zero-order valence-electron chi connectivity index (χ0n) is 10.3. The predicted octanol–water partition coefficient (Wildman–Crippen LogP) is 2.72. The molecule has 2 aromatic rings. The molecule has 94 valence electrons. The number of nitrogens with zero attached hydrogens (tertiary/aromatic N) is 2. The molecule has 1 aromatic carbocycles. The van der Waals surface area contributed by atoms with Crippen molar-refractivity contribution in [2.45, 2.75) is 12.8 Å². The third kappa shape index (κ3) is 2.38. The van der Waals surface area contributed by atoms with E-state index in [0.29, 0.717) is 11.4 Å². The summed E-state index contributed by atoms with van der Waals surface area (Å²) < 4.78 is 1.67. The highest BCUT2D eigenvalue weighted by Gasteiger charge is 2.13. The number of carbonyl (C=O) groups is 1. The molecule has 0 radical (unpaired) electrons. The summed E-state index contributed by atoms with van der Waals surface area (Å²) in [7, 11) is 1.80. The molecule has 4 nitrogen and oxygen atoms in total. The van der Waals surface area contributed by atoms with Gasteiger partial charge in [-0.3, -0.25) is 9.48 Å². The van der Waals surface area contributed by atoms with Gasteiger partial charge in [0.1, 0.15) is 0 Å². The highest BCUT2D eigenvalue weighted by Crippen LogP contribution is 2.18. The van der Waals surface area contributed by atoms with E-state index in [2.05, 4.69) is 10.4 Å². The molecule has 0 unspecified atom stereocenters. The van der Waals surface area contributed by atoms with Crippen LogP contribution >= 0.6 is 11.6 Å². The van der Waals surface area contributed by atoms with Crippen LogP contribution in [0.25, 0.3) is 0 Å². The Labute approximate surface area is 111 Å². The molecule has 5 heteroatoms. The Balaban J connectivity index is 2.24. The number of halogens is 1. The molecule has 18 heavy (non-hydrogen) atoms. The summed E-state index contributed by atoms with van der Waals surface area (Å²) in [5, 5.41) is 6.91. The lowest BCUT2D eigenvalue weighted by Crippen LogP contribution is -2.14. The monoisotopic (exact) mass is 263 g/mol. The molecular weight excluding hydrogens is 250 g/mol. The minimum Gasteiger partial charge on any atom is -0.322 e. The second kappa shape index (κ2) is 5.23. The number of rotatable bonds is 3. The van der Waals surface area contributed by atoms with Gasteiger partial charge < -0.3 is 5.32 Å². The van der Waals surface area contributed by atoms with Gasteiger partial charge in [0.15, 0.2) is 0 Å². The van der Waals surface area contributed by atoms with E-state index >= 15 is 0 Å². The Kier molecular flexibility index (Phi) is 3.67. The molecule has 1 amide bonds. The third-order valence-electron chi connectivity index (χ3n) is 2.89. The molecule has 0 fully saturated rings. The van der Waals surface area contributed by atoms with E-state index in [0.717, 1.165) is 16.9 Å². The van der Waals surface area contributed by atoms with Crippen LogP contribution < -0.4 is 5.32 Å². The SMILES string of the molecule is Cc1c(C(=O)Nc2ccccc2CCl)cnn1C. The lowest BCUT2D eigenvalue weighted by molar-refractivity contribution is 0.102. The van der Waals surface area contributed by atoms with E-state index in [4.69, 9.17) is 11.6 Å². The summed E-state index contributed by atoms with van der Waals surface area (Å²) in [5.41, 5.74) is 3.03. The fourth-order valence-corrected chi connectivity index (χ4v) is 1.90. The number of nitrogens with one attached hydrogen (secondary N) is 1. The highest BCUT2D eigenvalue weighted by molar-refractivity contribution is 6.17. The van der Waals surface area contributed by atoms with Crippen molar-refractivity contribution in [1.29, 1.82) is 0 Å². The van der Waals surface area contributed by atoms with E-state index in [1.165, 1.54) is 0 Å². The zero-order chi connectivity index (χ0) is 13.1. The van der Waals surface area contributed by atoms with Crippen molar-refractivity contribution in [2.75, 3.05) is 5.32 Å². The van der Waals surface area contributed by atoms with Gasteiger partial charge in [0.25, 0.3) is 5.91 Å². The Morgan fingerprint density at radius 1 is 1.44 bits per heavy atom. The molecule has 1 aromatic heterocycles. The Hall–Kier alpha value is -1.81. The lowest BCUT2D eigenvalue weighted by atomic mass is 10.2. The quantitative estimate of drug-likeness (QED) is 0.866. The van der Waals surface area contributed by atoms with Gasteiger partial charge in [-0.2, -0.15) is 5.10 Å². The molecule has 0 saturated heterocycles. The average molecular weight is 264 g/mol. The number of para-hydroxylation sites is 1. The Bertz CT molecular complexity index is 577. The van der Waals surface area contributed by atoms with Gasteiger partial charge in [0, 0.05) is 24.3 Å². The minimum absolute atomic E-state index is 0.168. The smallest absolute Gasteiger partial charge is 0.259 e. The van der Waals surface area contributed by atoms with Gasteiger partial charge in [0.05, 0.1) is 11.8 Å². The van der Waals surface area contributed by atoms with Gasteiger partial charge in [0.2, 0.25) is 0 Å². The normalized spacial score (nSPS) is 10.4. The Morgan fingerprint density at radius 3 is 2.78 bits per heavy atom. The van der Waals surface area contributed by atoms with Crippen molar-refractivity contribution in [2.24, 2.45) is 7.05 Å². The second-order valence-electron chi connectivity index (χ2n) is 4.01. The van der Waals surface area contributed by atoms with E-state index in [1.54, 1.807) is 17.9 Å². The number of aromatic nitrogens is 2. The fraction of sp³-hybridized carbons (Fsp3) is 0.231. The van der Waals surface area contributed by atoms with Crippen LogP contribution in [0, 0.1) is 6.92 Å². The number of benzene rings is 1. The fourth-order valence-electron chi connectivity index (χ4n) is 1.67. The van der Waals surface area contributed by atoms with Crippen LogP contribution in [-0.4, -0.2) is 15.7 Å². The maximum Gasteiger partial charge on any atom is 0.259 e. The molecule has 0 bridgehead atoms. The number of hydrogen-bond donors (Lipinski definition) is 1. The summed E-state index contributed by atoms with van der Waals surface area (Å²) in [6.07, 6.45) is 1.56. The van der Waals surface area contributed by atoms with Crippen molar-refractivity contribution in [1.82, 2.24) is 9.78 Å². The summed E-state index contributed by atoms with van der Waals surface area (Å²) in [4.78, 5) is 12.1. The van der Waals surface area contributed by atoms with Crippen molar-refractivity contribution in [3.8, 4) is 0 Å². The third-order valence-corrected chi connectivity index (χ3v) is 3.18. The van der Waals surface area contributed by atoms with E-state index < -0.39 is 0 Å². The van der Waals surface area contributed by atoms with Gasteiger partial charge >= 0.3 is 0 Å². The number of hydrogen-bond acceptors (Lipinski definition) is 2. The van der Waals surface area contributed by atoms with Crippen LogP contribution in [0.5, 0.6) is 0 Å². The molecule has 1 N–H and O–H groups in total. The van der Waals surface area contributed by atoms with Crippen LogP contribution in [0.2, 0.25) is 0 Å². The summed E-state index contributed by atoms with van der Waals surface area (Å²) >= 11 is 5.83. The van der Waals surface area contributed by atoms with Crippen molar-refractivity contribution in [3.05, 3.63) is 47.3 Å². The molecule has 2 rings (SSSR count). The first-order valence-electron chi connectivity index (χ1n) is 5.57. The number of alkyl halides is 1. The van der Waals surface area contributed by atoms with Crippen molar-refractivity contribution in [3.63, 3.8) is 0 Å². The van der Waals surface area contributed by atoms with Crippen LogP contribution in [0.3, 0.4) is 0 Å².